The summed E-state index contributed by atoms with van der Waals surface area (Å²) in [4.78, 5) is 26.3. The molecule has 1 N–H and O–H groups in total. The molecule has 0 aliphatic rings. The molecule has 0 unspecified atom stereocenters. The average Bonchev–Trinajstić information content (AvgIpc) is 2.16. The summed E-state index contributed by atoms with van der Waals surface area (Å²) >= 11 is 0. The highest BCUT2D eigenvalue weighted by Gasteiger charge is 2.16. The van der Waals surface area contributed by atoms with Gasteiger partial charge in [0.25, 0.3) is 5.56 Å². The topological polar surface area (TPSA) is 72.2 Å². The van der Waals surface area contributed by atoms with Crippen molar-refractivity contribution in [3.8, 4) is 0 Å². The van der Waals surface area contributed by atoms with E-state index in [1.54, 1.807) is 13.8 Å². The minimum absolute atomic E-state index is 0.211. The van der Waals surface area contributed by atoms with Gasteiger partial charge in [0.15, 0.2) is 0 Å². The van der Waals surface area contributed by atoms with Gasteiger partial charge in [-0.3, -0.25) is 9.36 Å². The van der Waals surface area contributed by atoms with E-state index >= 15 is 0 Å². The Labute approximate surface area is 81.0 Å². The maximum Gasteiger partial charge on any atom is 0.343 e. The van der Waals surface area contributed by atoms with E-state index in [2.05, 4.69) is 4.98 Å². The molecule has 1 rings (SSSR count). The fraction of sp³-hybridized carbons (Fsp3) is 0.444. The fourth-order valence-electron chi connectivity index (χ4n) is 1.23. The number of aromatic carboxylic acids is 1. The van der Waals surface area contributed by atoms with Gasteiger partial charge in [0.2, 0.25) is 0 Å². The SMILES string of the molecule is CCc1ncn(CC)c(=O)c1C(=O)O. The third kappa shape index (κ3) is 1.66. The Morgan fingerprint density at radius 2 is 2.21 bits per heavy atom. The van der Waals surface area contributed by atoms with Crippen LogP contribution in [-0.4, -0.2) is 20.6 Å². The van der Waals surface area contributed by atoms with Gasteiger partial charge in [-0.2, -0.15) is 0 Å². The molecule has 14 heavy (non-hydrogen) atoms. The molecule has 0 amide bonds. The van der Waals surface area contributed by atoms with Crippen LogP contribution in [0.4, 0.5) is 0 Å². The summed E-state index contributed by atoms with van der Waals surface area (Å²) in [5.74, 6) is -1.21. The maximum absolute atomic E-state index is 11.6. The van der Waals surface area contributed by atoms with Crippen LogP contribution in [0.1, 0.15) is 29.9 Å². The van der Waals surface area contributed by atoms with Crippen molar-refractivity contribution in [2.75, 3.05) is 0 Å². The first-order valence-corrected chi connectivity index (χ1v) is 4.43. The Bertz CT molecular complexity index is 409. The smallest absolute Gasteiger partial charge is 0.343 e. The zero-order valence-electron chi connectivity index (χ0n) is 8.15. The third-order valence-corrected chi connectivity index (χ3v) is 2.01. The second-order valence-corrected chi connectivity index (χ2v) is 2.82. The average molecular weight is 196 g/mol. The minimum atomic E-state index is -1.21. The van der Waals surface area contributed by atoms with Crippen LogP contribution in [0, 0.1) is 0 Å². The van der Waals surface area contributed by atoms with E-state index in [1.165, 1.54) is 10.9 Å². The molecule has 0 radical (unpaired) electrons. The molecule has 0 spiro atoms. The van der Waals surface area contributed by atoms with E-state index in [0.29, 0.717) is 18.7 Å². The van der Waals surface area contributed by atoms with Crippen LogP contribution < -0.4 is 5.56 Å². The highest BCUT2D eigenvalue weighted by atomic mass is 16.4. The van der Waals surface area contributed by atoms with E-state index in [4.69, 9.17) is 5.11 Å². The summed E-state index contributed by atoms with van der Waals surface area (Å²) in [5, 5.41) is 8.84. The van der Waals surface area contributed by atoms with Gasteiger partial charge in [-0.15, -0.1) is 0 Å². The van der Waals surface area contributed by atoms with Crippen molar-refractivity contribution < 1.29 is 9.90 Å². The first-order chi connectivity index (χ1) is 6.61. The van der Waals surface area contributed by atoms with Crippen LogP contribution in [0.15, 0.2) is 11.1 Å². The van der Waals surface area contributed by atoms with Gasteiger partial charge < -0.3 is 5.11 Å². The first kappa shape index (κ1) is 10.4. The molecule has 0 saturated heterocycles. The molecule has 1 aromatic heterocycles. The van der Waals surface area contributed by atoms with Crippen molar-refractivity contribution in [1.29, 1.82) is 0 Å². The van der Waals surface area contributed by atoms with Crippen molar-refractivity contribution in [2.45, 2.75) is 26.8 Å². The predicted molar refractivity (Wildman–Crippen MR) is 50.5 cm³/mol. The number of hydrogen-bond donors (Lipinski definition) is 1. The van der Waals surface area contributed by atoms with Crippen LogP contribution in [0.5, 0.6) is 0 Å². The van der Waals surface area contributed by atoms with E-state index < -0.39 is 11.5 Å². The number of aryl methyl sites for hydroxylation is 2. The lowest BCUT2D eigenvalue weighted by atomic mass is 10.2. The van der Waals surface area contributed by atoms with Gasteiger partial charge >= 0.3 is 5.97 Å². The highest BCUT2D eigenvalue weighted by molar-refractivity contribution is 5.88. The highest BCUT2D eigenvalue weighted by Crippen LogP contribution is 2.00. The Morgan fingerprint density at radius 3 is 2.64 bits per heavy atom. The quantitative estimate of drug-likeness (QED) is 0.765. The number of hydrogen-bond acceptors (Lipinski definition) is 3. The van der Waals surface area contributed by atoms with Gasteiger partial charge in [0.05, 0.1) is 12.0 Å². The Morgan fingerprint density at radius 1 is 1.57 bits per heavy atom. The van der Waals surface area contributed by atoms with E-state index in [9.17, 15) is 9.59 Å². The lowest BCUT2D eigenvalue weighted by Crippen LogP contribution is -2.28. The summed E-state index contributed by atoms with van der Waals surface area (Å²) in [6.45, 7) is 3.96. The maximum atomic E-state index is 11.6. The summed E-state index contributed by atoms with van der Waals surface area (Å²) in [6, 6.07) is 0. The molecule has 0 atom stereocenters. The molecule has 1 aromatic rings. The zero-order valence-corrected chi connectivity index (χ0v) is 8.15. The van der Waals surface area contributed by atoms with Crippen molar-refractivity contribution in [3.05, 3.63) is 27.9 Å². The molecule has 5 nitrogen and oxygen atoms in total. The van der Waals surface area contributed by atoms with Crippen LogP contribution in [-0.2, 0) is 13.0 Å². The van der Waals surface area contributed by atoms with Crippen molar-refractivity contribution in [2.24, 2.45) is 0 Å². The predicted octanol–water partition coefficient (Wildman–Crippen LogP) is 0.524. The van der Waals surface area contributed by atoms with Gasteiger partial charge in [-0.05, 0) is 13.3 Å². The molecular weight excluding hydrogens is 184 g/mol. The summed E-state index contributed by atoms with van der Waals surface area (Å²) < 4.78 is 1.28. The van der Waals surface area contributed by atoms with Gasteiger partial charge in [0.1, 0.15) is 5.56 Å². The van der Waals surface area contributed by atoms with Crippen LogP contribution in [0.25, 0.3) is 0 Å². The molecular formula is C9H12N2O3. The van der Waals surface area contributed by atoms with Gasteiger partial charge in [0, 0.05) is 6.54 Å². The standard InChI is InChI=1S/C9H12N2O3/c1-3-6-7(9(13)14)8(12)11(4-2)5-10-6/h5H,3-4H2,1-2H3,(H,13,14). The molecule has 76 valence electrons. The lowest BCUT2D eigenvalue weighted by Gasteiger charge is -2.05. The molecule has 0 bridgehead atoms. The summed E-state index contributed by atoms with van der Waals surface area (Å²) in [5.41, 5.74) is -0.351. The van der Waals surface area contributed by atoms with Crippen LogP contribution in [0.3, 0.4) is 0 Å². The van der Waals surface area contributed by atoms with Gasteiger partial charge in [-0.1, -0.05) is 6.92 Å². The number of carboxylic acids is 1. The van der Waals surface area contributed by atoms with E-state index in [-0.39, 0.29) is 5.56 Å². The number of carbonyl (C=O) groups is 1. The first-order valence-electron chi connectivity index (χ1n) is 4.43. The van der Waals surface area contributed by atoms with Crippen molar-refractivity contribution in [1.82, 2.24) is 9.55 Å². The number of rotatable bonds is 3. The Balaban J connectivity index is 3.47. The monoisotopic (exact) mass is 196 g/mol. The third-order valence-electron chi connectivity index (χ3n) is 2.01. The van der Waals surface area contributed by atoms with Crippen LogP contribution in [0.2, 0.25) is 0 Å². The molecule has 1 heterocycles. The Kier molecular flexibility index (Phi) is 3.01. The summed E-state index contributed by atoms with van der Waals surface area (Å²) in [7, 11) is 0. The second-order valence-electron chi connectivity index (χ2n) is 2.82. The van der Waals surface area contributed by atoms with Crippen molar-refractivity contribution in [3.63, 3.8) is 0 Å². The van der Waals surface area contributed by atoms with Crippen molar-refractivity contribution >= 4 is 5.97 Å². The normalized spacial score (nSPS) is 10.1. The Hall–Kier alpha value is -1.65. The molecule has 0 aliphatic carbocycles. The zero-order chi connectivity index (χ0) is 10.7. The number of aromatic nitrogens is 2. The minimum Gasteiger partial charge on any atom is -0.477 e. The number of nitrogens with zero attached hydrogens (tertiary/aromatic N) is 2. The largest absolute Gasteiger partial charge is 0.477 e. The molecule has 0 aliphatic heterocycles. The fourth-order valence-corrected chi connectivity index (χ4v) is 1.23. The van der Waals surface area contributed by atoms with E-state index in [0.717, 1.165) is 0 Å². The second kappa shape index (κ2) is 4.04. The van der Waals surface area contributed by atoms with E-state index in [1.807, 2.05) is 0 Å². The molecule has 0 saturated carbocycles. The molecule has 0 fully saturated rings. The number of carboxylic acid groups (broad SMARTS) is 1. The molecule has 0 aromatic carbocycles. The summed E-state index contributed by atoms with van der Waals surface area (Å²) in [6.07, 6.45) is 1.83. The molecule has 5 heteroatoms. The van der Waals surface area contributed by atoms with Gasteiger partial charge in [-0.25, -0.2) is 9.78 Å². The lowest BCUT2D eigenvalue weighted by molar-refractivity contribution is 0.0692. The van der Waals surface area contributed by atoms with Crippen LogP contribution >= 0.6 is 0 Å².